The van der Waals surface area contributed by atoms with Gasteiger partial charge in [0.25, 0.3) is 0 Å². The summed E-state index contributed by atoms with van der Waals surface area (Å²) in [7, 11) is 1.54. The molecule has 3 rings (SSSR count). The lowest BCUT2D eigenvalue weighted by atomic mass is 10.2. The highest BCUT2D eigenvalue weighted by atomic mass is 35.5. The molecule has 140 valence electrons. The average molecular weight is 421 g/mol. The van der Waals surface area contributed by atoms with Crippen molar-refractivity contribution in [3.63, 3.8) is 0 Å². The summed E-state index contributed by atoms with van der Waals surface area (Å²) in [6.07, 6.45) is 0. The Morgan fingerprint density at radius 1 is 1.22 bits per heavy atom. The van der Waals surface area contributed by atoms with Gasteiger partial charge in [0.1, 0.15) is 5.75 Å². The van der Waals surface area contributed by atoms with E-state index in [2.05, 4.69) is 20.8 Å². The number of hydrogen-bond donors (Lipinski definition) is 2. The van der Waals surface area contributed by atoms with Crippen molar-refractivity contribution in [1.29, 1.82) is 0 Å². The van der Waals surface area contributed by atoms with Crippen LogP contribution in [0.3, 0.4) is 0 Å². The van der Waals surface area contributed by atoms with Crippen LogP contribution >= 0.6 is 34.7 Å². The van der Waals surface area contributed by atoms with Crippen molar-refractivity contribution in [2.75, 3.05) is 23.5 Å². The molecule has 2 N–H and O–H groups in total. The molecule has 0 aliphatic rings. The van der Waals surface area contributed by atoms with E-state index in [1.54, 1.807) is 25.3 Å². The number of benzene rings is 2. The fraction of sp³-hybridized carbons (Fsp3) is 0.167. The summed E-state index contributed by atoms with van der Waals surface area (Å²) in [5.74, 6) is 0.653. The minimum atomic E-state index is -0.143. The quantitative estimate of drug-likeness (QED) is 0.521. The number of anilines is 2. The van der Waals surface area contributed by atoms with E-state index >= 15 is 0 Å². The Morgan fingerprint density at radius 3 is 2.78 bits per heavy atom. The summed E-state index contributed by atoms with van der Waals surface area (Å²) in [4.78, 5) is 12.1. The minimum absolute atomic E-state index is 0.143. The van der Waals surface area contributed by atoms with E-state index in [4.69, 9.17) is 16.3 Å². The van der Waals surface area contributed by atoms with E-state index in [0.29, 0.717) is 23.0 Å². The Balaban J connectivity index is 1.46. The molecule has 1 aromatic heterocycles. The molecule has 3 aromatic rings. The Hall–Kier alpha value is -2.29. The maximum absolute atomic E-state index is 12.1. The van der Waals surface area contributed by atoms with Crippen LogP contribution in [-0.2, 0) is 11.3 Å². The third kappa shape index (κ3) is 5.85. The molecule has 9 heteroatoms. The van der Waals surface area contributed by atoms with Crippen LogP contribution in [-0.4, -0.2) is 29.0 Å². The molecule has 0 aliphatic heterocycles. The normalized spacial score (nSPS) is 10.4. The number of ether oxygens (including phenoxy) is 1. The molecule has 2 aromatic carbocycles. The topological polar surface area (TPSA) is 76.1 Å². The lowest BCUT2D eigenvalue weighted by Crippen LogP contribution is -2.13. The molecule has 0 fully saturated rings. The molecule has 0 bridgehead atoms. The van der Waals surface area contributed by atoms with Crippen LogP contribution in [0.15, 0.2) is 52.9 Å². The molecule has 0 saturated carbocycles. The number of methoxy groups -OCH3 is 1. The molecule has 0 radical (unpaired) electrons. The van der Waals surface area contributed by atoms with Crippen LogP contribution in [0.4, 0.5) is 10.8 Å². The highest BCUT2D eigenvalue weighted by Gasteiger charge is 2.10. The molecule has 0 unspecified atom stereocenters. The SMILES string of the molecule is COc1ccc(NC(=O)CSc2nnc(NCc3ccccc3)s2)cc1Cl. The number of rotatable bonds is 8. The number of halogens is 1. The van der Waals surface area contributed by atoms with Crippen LogP contribution in [0.5, 0.6) is 5.75 Å². The van der Waals surface area contributed by atoms with Crippen LogP contribution in [0.25, 0.3) is 0 Å². The van der Waals surface area contributed by atoms with E-state index in [1.165, 1.54) is 28.7 Å². The smallest absolute Gasteiger partial charge is 0.234 e. The van der Waals surface area contributed by atoms with Crippen molar-refractivity contribution in [3.8, 4) is 5.75 Å². The highest BCUT2D eigenvalue weighted by Crippen LogP contribution is 2.28. The second-order valence-electron chi connectivity index (χ2n) is 5.40. The van der Waals surface area contributed by atoms with Gasteiger partial charge < -0.3 is 15.4 Å². The maximum atomic E-state index is 12.1. The van der Waals surface area contributed by atoms with Crippen LogP contribution in [0.2, 0.25) is 5.02 Å². The number of nitrogens with zero attached hydrogens (tertiary/aromatic N) is 2. The predicted molar refractivity (Wildman–Crippen MR) is 111 cm³/mol. The van der Waals surface area contributed by atoms with Crippen LogP contribution in [0, 0.1) is 0 Å². The largest absolute Gasteiger partial charge is 0.495 e. The summed E-state index contributed by atoms with van der Waals surface area (Å²) in [5.41, 5.74) is 1.79. The standard InChI is InChI=1S/C18H17ClN4O2S2/c1-25-15-8-7-13(9-14(15)19)21-16(24)11-26-18-23-22-17(27-18)20-10-12-5-3-2-4-6-12/h2-9H,10-11H2,1H3,(H,20,22)(H,21,24). The van der Waals surface area contributed by atoms with Gasteiger partial charge in [-0.3, -0.25) is 4.79 Å². The monoisotopic (exact) mass is 420 g/mol. The Morgan fingerprint density at radius 2 is 2.04 bits per heavy atom. The fourth-order valence-corrected chi connectivity index (χ4v) is 3.99. The summed E-state index contributed by atoms with van der Waals surface area (Å²) in [6, 6.07) is 15.1. The number of nitrogens with one attached hydrogen (secondary N) is 2. The first-order chi connectivity index (χ1) is 13.1. The maximum Gasteiger partial charge on any atom is 0.234 e. The average Bonchev–Trinajstić information content (AvgIpc) is 3.14. The lowest BCUT2D eigenvalue weighted by molar-refractivity contribution is -0.113. The van der Waals surface area contributed by atoms with Crippen molar-refractivity contribution >= 4 is 51.4 Å². The molecule has 27 heavy (non-hydrogen) atoms. The summed E-state index contributed by atoms with van der Waals surface area (Å²) in [5, 5.41) is 15.4. The van der Waals surface area contributed by atoms with E-state index in [0.717, 1.165) is 9.47 Å². The number of aromatic nitrogens is 2. The van der Waals surface area contributed by atoms with Gasteiger partial charge in [0, 0.05) is 12.2 Å². The zero-order chi connectivity index (χ0) is 19.1. The van der Waals surface area contributed by atoms with Crippen molar-refractivity contribution in [3.05, 3.63) is 59.1 Å². The molecular formula is C18H17ClN4O2S2. The first kappa shape index (κ1) is 19.5. The van der Waals surface area contributed by atoms with Gasteiger partial charge in [-0.25, -0.2) is 0 Å². The molecule has 6 nitrogen and oxygen atoms in total. The number of thioether (sulfide) groups is 1. The van der Waals surface area contributed by atoms with E-state index in [9.17, 15) is 4.79 Å². The van der Waals surface area contributed by atoms with Crippen molar-refractivity contribution in [2.24, 2.45) is 0 Å². The second-order valence-corrected chi connectivity index (χ2v) is 8.01. The summed E-state index contributed by atoms with van der Waals surface area (Å²) in [6.45, 7) is 0.679. The summed E-state index contributed by atoms with van der Waals surface area (Å²) < 4.78 is 5.82. The van der Waals surface area contributed by atoms with Gasteiger partial charge in [-0.2, -0.15) is 0 Å². The second kappa shape index (κ2) is 9.59. The molecular weight excluding hydrogens is 404 g/mol. The Bertz CT molecular complexity index is 905. The molecule has 1 heterocycles. The molecule has 1 amide bonds. The molecule has 0 aliphatic carbocycles. The van der Waals surface area contributed by atoms with E-state index < -0.39 is 0 Å². The van der Waals surface area contributed by atoms with Gasteiger partial charge in [-0.15, -0.1) is 10.2 Å². The van der Waals surface area contributed by atoms with Gasteiger partial charge in [-0.05, 0) is 23.8 Å². The lowest BCUT2D eigenvalue weighted by Gasteiger charge is -2.07. The minimum Gasteiger partial charge on any atom is -0.495 e. The molecule has 0 saturated heterocycles. The molecule has 0 atom stereocenters. The Labute approximate surface area is 170 Å². The van der Waals surface area contributed by atoms with Crippen LogP contribution < -0.4 is 15.4 Å². The number of carbonyl (C=O) groups excluding carboxylic acids is 1. The summed E-state index contributed by atoms with van der Waals surface area (Å²) >= 11 is 8.81. The number of carbonyl (C=O) groups is 1. The van der Waals surface area contributed by atoms with Gasteiger partial charge >= 0.3 is 0 Å². The zero-order valence-corrected chi connectivity index (χ0v) is 16.8. The van der Waals surface area contributed by atoms with Crippen molar-refractivity contribution in [1.82, 2.24) is 10.2 Å². The van der Waals surface area contributed by atoms with Gasteiger partial charge in [0.15, 0.2) is 4.34 Å². The number of hydrogen-bond acceptors (Lipinski definition) is 7. The van der Waals surface area contributed by atoms with Gasteiger partial charge in [-0.1, -0.05) is 65.0 Å². The van der Waals surface area contributed by atoms with E-state index in [1.807, 2.05) is 30.3 Å². The first-order valence-corrected chi connectivity index (χ1v) is 10.2. The highest BCUT2D eigenvalue weighted by molar-refractivity contribution is 8.01. The molecule has 0 spiro atoms. The third-order valence-electron chi connectivity index (χ3n) is 3.46. The van der Waals surface area contributed by atoms with E-state index in [-0.39, 0.29) is 11.7 Å². The Kier molecular flexibility index (Phi) is 6.92. The van der Waals surface area contributed by atoms with Crippen LogP contribution in [0.1, 0.15) is 5.56 Å². The zero-order valence-electron chi connectivity index (χ0n) is 14.4. The van der Waals surface area contributed by atoms with Gasteiger partial charge in [0.05, 0.1) is 17.9 Å². The number of amides is 1. The van der Waals surface area contributed by atoms with Gasteiger partial charge in [0.2, 0.25) is 11.0 Å². The fourth-order valence-electron chi connectivity index (χ4n) is 2.18. The van der Waals surface area contributed by atoms with Crippen molar-refractivity contribution < 1.29 is 9.53 Å². The first-order valence-electron chi connectivity index (χ1n) is 8.01. The predicted octanol–water partition coefficient (Wildman–Crippen LogP) is 4.54. The van der Waals surface area contributed by atoms with Crippen molar-refractivity contribution in [2.45, 2.75) is 10.9 Å². The third-order valence-corrected chi connectivity index (χ3v) is 5.76.